The van der Waals surface area contributed by atoms with Crippen LogP contribution in [0.25, 0.3) is 0 Å². The summed E-state index contributed by atoms with van der Waals surface area (Å²) in [5.74, 6) is 0.127. The number of likely N-dealkylation sites (N-methyl/N-ethyl adjacent to an activating group) is 1. The van der Waals surface area contributed by atoms with Gasteiger partial charge in [0.05, 0.1) is 5.56 Å². The lowest BCUT2D eigenvalue weighted by Crippen LogP contribution is -2.35. The van der Waals surface area contributed by atoms with E-state index in [2.05, 4.69) is 14.6 Å². The molecule has 11 heteroatoms. The maximum atomic E-state index is 12.6. The van der Waals surface area contributed by atoms with Crippen molar-refractivity contribution in [3.63, 3.8) is 0 Å². The zero-order valence-corrected chi connectivity index (χ0v) is 19.9. The molecule has 1 saturated heterocycles. The van der Waals surface area contributed by atoms with E-state index in [-0.39, 0.29) is 10.7 Å². The number of aliphatic hydroxyl groups excluding tert-OH is 1. The van der Waals surface area contributed by atoms with Gasteiger partial charge in [-0.25, -0.2) is 4.98 Å². The molecule has 0 aliphatic carbocycles. The SMILES string of the molecule is CN(CCCC1CCN(c2ccc(C=O)c(Cl)n2)CC1)C(=O)C(O)c1cccc(OC(F)(F)F)c1. The largest absolute Gasteiger partial charge is 0.573 e. The van der Waals surface area contributed by atoms with Crippen LogP contribution in [0.1, 0.15) is 47.7 Å². The summed E-state index contributed by atoms with van der Waals surface area (Å²) in [6.07, 6.45) is -2.24. The molecule has 3 rings (SSSR count). The van der Waals surface area contributed by atoms with E-state index in [4.69, 9.17) is 11.6 Å². The van der Waals surface area contributed by atoms with Crippen molar-refractivity contribution in [1.82, 2.24) is 9.88 Å². The van der Waals surface area contributed by atoms with E-state index in [1.165, 1.54) is 17.0 Å². The highest BCUT2D eigenvalue weighted by Gasteiger charge is 2.31. The molecule has 190 valence electrons. The lowest BCUT2D eigenvalue weighted by molar-refractivity contribution is -0.274. The lowest BCUT2D eigenvalue weighted by Gasteiger charge is -2.33. The van der Waals surface area contributed by atoms with Crippen molar-refractivity contribution in [1.29, 1.82) is 0 Å². The van der Waals surface area contributed by atoms with Crippen LogP contribution in [-0.2, 0) is 4.79 Å². The number of rotatable bonds is 9. The van der Waals surface area contributed by atoms with Crippen LogP contribution in [0.2, 0.25) is 5.15 Å². The average molecular weight is 514 g/mol. The van der Waals surface area contributed by atoms with Crippen LogP contribution in [-0.4, -0.2) is 60.2 Å². The zero-order valence-electron chi connectivity index (χ0n) is 19.2. The molecule has 0 spiro atoms. The molecule has 1 aromatic carbocycles. The Bertz CT molecular complexity index is 1030. The lowest BCUT2D eigenvalue weighted by atomic mass is 9.92. The molecule has 1 N–H and O–H groups in total. The average Bonchev–Trinajstić information content (AvgIpc) is 2.82. The standard InChI is InChI=1S/C24H27ClF3N3O4/c1-30(23(34)21(33)17-5-2-6-19(14-17)35-24(26,27)28)11-3-4-16-9-12-31(13-10-16)20-8-7-18(15-32)22(25)29-20/h2,5-8,14-16,21,33H,3-4,9-13H2,1H3. The first-order valence-corrected chi connectivity index (χ1v) is 11.6. The van der Waals surface area contributed by atoms with Gasteiger partial charge in [-0.1, -0.05) is 23.7 Å². The number of nitrogens with zero attached hydrogens (tertiary/aromatic N) is 3. The van der Waals surface area contributed by atoms with E-state index in [0.717, 1.165) is 56.7 Å². The number of aromatic nitrogens is 1. The van der Waals surface area contributed by atoms with Gasteiger partial charge < -0.3 is 19.6 Å². The number of aldehydes is 1. The fourth-order valence-corrected chi connectivity index (χ4v) is 4.30. The summed E-state index contributed by atoms with van der Waals surface area (Å²) in [4.78, 5) is 31.3. The van der Waals surface area contributed by atoms with Gasteiger partial charge in [-0.15, -0.1) is 13.2 Å². The molecule has 1 unspecified atom stereocenters. The van der Waals surface area contributed by atoms with E-state index in [1.807, 2.05) is 0 Å². The van der Waals surface area contributed by atoms with Crippen LogP contribution in [0.15, 0.2) is 36.4 Å². The number of hydrogen-bond donors (Lipinski definition) is 1. The minimum atomic E-state index is -4.86. The molecule has 35 heavy (non-hydrogen) atoms. The van der Waals surface area contributed by atoms with Crippen LogP contribution in [0.3, 0.4) is 0 Å². The van der Waals surface area contributed by atoms with Crippen molar-refractivity contribution >= 4 is 29.6 Å². The molecule has 2 aromatic rings. The maximum absolute atomic E-state index is 12.6. The van der Waals surface area contributed by atoms with Gasteiger partial charge in [-0.05, 0) is 61.4 Å². The molecule has 0 radical (unpaired) electrons. The number of alkyl halides is 3. The summed E-state index contributed by atoms with van der Waals surface area (Å²) in [6.45, 7) is 2.02. The number of halogens is 4. The third-order valence-corrected chi connectivity index (χ3v) is 6.35. The number of benzene rings is 1. The molecule has 1 atom stereocenters. The Morgan fingerprint density at radius 2 is 2.03 bits per heavy atom. The quantitative estimate of drug-likeness (QED) is 0.389. The van der Waals surface area contributed by atoms with Crippen LogP contribution in [0, 0.1) is 5.92 Å². The van der Waals surface area contributed by atoms with Crippen molar-refractivity contribution in [3.05, 3.63) is 52.7 Å². The Kier molecular flexibility index (Phi) is 8.96. The number of piperidine rings is 1. The van der Waals surface area contributed by atoms with Gasteiger partial charge in [0, 0.05) is 26.7 Å². The minimum Gasteiger partial charge on any atom is -0.406 e. The first-order valence-electron chi connectivity index (χ1n) is 11.2. The van der Waals surface area contributed by atoms with Crippen molar-refractivity contribution in [3.8, 4) is 5.75 Å². The Balaban J connectivity index is 1.43. The van der Waals surface area contributed by atoms with E-state index in [9.17, 15) is 27.9 Å². The van der Waals surface area contributed by atoms with Gasteiger partial charge in [0.25, 0.3) is 5.91 Å². The predicted molar refractivity (Wildman–Crippen MR) is 125 cm³/mol. The number of anilines is 1. The zero-order chi connectivity index (χ0) is 25.6. The normalized spacial score (nSPS) is 15.5. The molecule has 1 aromatic heterocycles. The molecule has 1 aliphatic heterocycles. The summed E-state index contributed by atoms with van der Waals surface area (Å²) in [5, 5.41) is 10.5. The number of amides is 1. The Hall–Kier alpha value is -2.85. The van der Waals surface area contributed by atoms with Crippen LogP contribution >= 0.6 is 11.6 Å². The van der Waals surface area contributed by atoms with Crippen LogP contribution < -0.4 is 9.64 Å². The molecule has 1 amide bonds. The number of pyridine rings is 1. The summed E-state index contributed by atoms with van der Waals surface area (Å²) < 4.78 is 41.1. The highest BCUT2D eigenvalue weighted by atomic mass is 35.5. The molecule has 7 nitrogen and oxygen atoms in total. The van der Waals surface area contributed by atoms with Gasteiger partial charge in [-0.3, -0.25) is 9.59 Å². The summed E-state index contributed by atoms with van der Waals surface area (Å²) in [6, 6.07) is 8.22. The molecule has 2 heterocycles. The van der Waals surface area contributed by atoms with Gasteiger partial charge >= 0.3 is 6.36 Å². The molecular formula is C24H27ClF3N3O4. The fourth-order valence-electron chi connectivity index (χ4n) is 4.11. The highest BCUT2D eigenvalue weighted by Crippen LogP contribution is 2.28. The highest BCUT2D eigenvalue weighted by molar-refractivity contribution is 6.31. The summed E-state index contributed by atoms with van der Waals surface area (Å²) in [7, 11) is 1.56. The second kappa shape index (κ2) is 11.7. The smallest absolute Gasteiger partial charge is 0.406 e. The second-order valence-corrected chi connectivity index (χ2v) is 8.88. The number of aliphatic hydroxyl groups is 1. The second-order valence-electron chi connectivity index (χ2n) is 8.52. The fraction of sp³-hybridized carbons (Fsp3) is 0.458. The molecule has 0 saturated carbocycles. The number of hydrogen-bond acceptors (Lipinski definition) is 6. The number of ether oxygens (including phenoxy) is 1. The topological polar surface area (TPSA) is 83.0 Å². The predicted octanol–water partition coefficient (Wildman–Crippen LogP) is 4.63. The molecule has 0 bridgehead atoms. The van der Waals surface area contributed by atoms with Crippen LogP contribution in [0.4, 0.5) is 19.0 Å². The molecular weight excluding hydrogens is 487 g/mol. The third-order valence-electron chi connectivity index (χ3n) is 6.05. The van der Waals surface area contributed by atoms with Crippen molar-refractivity contribution < 1.29 is 32.6 Å². The van der Waals surface area contributed by atoms with Crippen molar-refractivity contribution in [2.75, 3.05) is 31.6 Å². The van der Waals surface area contributed by atoms with Gasteiger partial charge in [0.15, 0.2) is 12.4 Å². The first kappa shape index (κ1) is 26.7. The van der Waals surface area contributed by atoms with E-state index < -0.39 is 24.1 Å². The Labute approximate surface area is 206 Å². The van der Waals surface area contributed by atoms with Gasteiger partial charge in [0.2, 0.25) is 0 Å². The van der Waals surface area contributed by atoms with E-state index in [0.29, 0.717) is 24.3 Å². The third kappa shape index (κ3) is 7.57. The maximum Gasteiger partial charge on any atom is 0.573 e. The number of carbonyl (C=O) groups excluding carboxylic acids is 2. The summed E-state index contributed by atoms with van der Waals surface area (Å²) >= 11 is 6.03. The number of carbonyl (C=O) groups is 2. The van der Waals surface area contributed by atoms with E-state index >= 15 is 0 Å². The Morgan fingerprint density at radius 3 is 2.66 bits per heavy atom. The summed E-state index contributed by atoms with van der Waals surface area (Å²) in [5.41, 5.74) is 0.391. The molecule has 1 aliphatic rings. The monoisotopic (exact) mass is 513 g/mol. The van der Waals surface area contributed by atoms with Gasteiger partial charge in [-0.2, -0.15) is 0 Å². The van der Waals surface area contributed by atoms with Crippen LogP contribution in [0.5, 0.6) is 5.75 Å². The van der Waals surface area contributed by atoms with E-state index in [1.54, 1.807) is 19.2 Å². The Morgan fingerprint density at radius 1 is 1.31 bits per heavy atom. The minimum absolute atomic E-state index is 0.0332. The van der Waals surface area contributed by atoms with Crippen molar-refractivity contribution in [2.45, 2.75) is 38.1 Å². The van der Waals surface area contributed by atoms with Gasteiger partial charge in [0.1, 0.15) is 16.7 Å². The molecule has 1 fully saturated rings. The first-order chi connectivity index (χ1) is 16.6. The van der Waals surface area contributed by atoms with Crippen molar-refractivity contribution in [2.24, 2.45) is 5.92 Å².